The van der Waals surface area contributed by atoms with Crippen molar-refractivity contribution in [2.45, 2.75) is 83.3 Å². The van der Waals surface area contributed by atoms with Crippen molar-refractivity contribution < 1.29 is 14.3 Å². The van der Waals surface area contributed by atoms with Gasteiger partial charge in [-0.25, -0.2) is 0 Å². The van der Waals surface area contributed by atoms with Crippen molar-refractivity contribution in [2.24, 2.45) is 0 Å². The number of ether oxygens (including phenoxy) is 1. The lowest BCUT2D eigenvalue weighted by atomic mass is 9.87. The molecule has 5 nitrogen and oxygen atoms in total. The van der Waals surface area contributed by atoms with Crippen LogP contribution in [-0.2, 0) is 28.0 Å². The Hall–Kier alpha value is -3.31. The van der Waals surface area contributed by atoms with Crippen LogP contribution < -0.4 is 10.1 Å². The largest absolute Gasteiger partial charge is 0.484 e. The fraction of sp³-hybridized carbons (Fsp3) is 0.412. The van der Waals surface area contributed by atoms with Crippen molar-refractivity contribution in [3.63, 3.8) is 0 Å². The topological polar surface area (TPSA) is 58.6 Å². The summed E-state index contributed by atoms with van der Waals surface area (Å²) >= 11 is 6.29. The molecule has 3 aromatic carbocycles. The first kappa shape index (κ1) is 29.7. The Kier molecular flexibility index (Phi) is 10.3. The van der Waals surface area contributed by atoms with Crippen LogP contribution in [0.4, 0.5) is 0 Å². The average molecular weight is 561 g/mol. The third-order valence-corrected chi connectivity index (χ3v) is 7.78. The Bertz CT molecular complexity index is 1250. The molecular formula is C34H41ClN2O3. The molecular weight excluding hydrogens is 520 g/mol. The Morgan fingerprint density at radius 3 is 2.25 bits per heavy atom. The number of amides is 2. The zero-order chi connectivity index (χ0) is 28.5. The Balaban J connectivity index is 1.59. The maximum absolute atomic E-state index is 13.9. The minimum Gasteiger partial charge on any atom is -0.484 e. The fourth-order valence-corrected chi connectivity index (χ4v) is 5.42. The van der Waals surface area contributed by atoms with Crippen LogP contribution >= 0.6 is 11.6 Å². The molecule has 2 amide bonds. The number of hydrogen-bond donors (Lipinski definition) is 1. The zero-order valence-electron chi connectivity index (χ0n) is 23.9. The number of halogens is 1. The smallest absolute Gasteiger partial charge is 0.261 e. The van der Waals surface area contributed by atoms with Crippen LogP contribution in [0.25, 0.3) is 0 Å². The van der Waals surface area contributed by atoms with E-state index in [1.807, 2.05) is 72.8 Å². The Morgan fingerprint density at radius 2 is 1.60 bits per heavy atom. The van der Waals surface area contributed by atoms with Gasteiger partial charge in [-0.2, -0.15) is 0 Å². The molecule has 1 unspecified atom stereocenters. The van der Waals surface area contributed by atoms with Gasteiger partial charge in [-0.05, 0) is 59.2 Å². The molecule has 0 radical (unpaired) electrons. The van der Waals surface area contributed by atoms with Gasteiger partial charge in [-0.3, -0.25) is 9.59 Å². The van der Waals surface area contributed by atoms with Crippen LogP contribution in [0.5, 0.6) is 5.75 Å². The second kappa shape index (κ2) is 13.8. The van der Waals surface area contributed by atoms with Crippen molar-refractivity contribution in [1.82, 2.24) is 10.2 Å². The molecule has 1 saturated carbocycles. The number of benzene rings is 3. The van der Waals surface area contributed by atoms with E-state index in [9.17, 15) is 9.59 Å². The first-order valence-electron chi connectivity index (χ1n) is 14.3. The lowest BCUT2D eigenvalue weighted by molar-refractivity contribution is -0.143. The second-order valence-electron chi connectivity index (χ2n) is 11.8. The second-order valence-corrected chi connectivity index (χ2v) is 12.2. The molecule has 0 heterocycles. The highest BCUT2D eigenvalue weighted by Crippen LogP contribution is 2.25. The quantitative estimate of drug-likeness (QED) is 0.287. The predicted octanol–water partition coefficient (Wildman–Crippen LogP) is 7.11. The molecule has 0 aromatic heterocycles. The number of hydrogen-bond acceptors (Lipinski definition) is 3. The lowest BCUT2D eigenvalue weighted by Gasteiger charge is -2.33. The summed E-state index contributed by atoms with van der Waals surface area (Å²) in [4.78, 5) is 29.4. The first-order valence-corrected chi connectivity index (χ1v) is 14.7. The maximum Gasteiger partial charge on any atom is 0.261 e. The fourth-order valence-electron chi connectivity index (χ4n) is 5.21. The summed E-state index contributed by atoms with van der Waals surface area (Å²) in [7, 11) is 0. The van der Waals surface area contributed by atoms with Crippen molar-refractivity contribution in [3.05, 3.63) is 101 Å². The predicted molar refractivity (Wildman–Crippen MR) is 162 cm³/mol. The van der Waals surface area contributed by atoms with Crippen molar-refractivity contribution in [3.8, 4) is 5.75 Å². The molecule has 212 valence electrons. The molecule has 1 atom stereocenters. The molecule has 1 aliphatic carbocycles. The van der Waals surface area contributed by atoms with Crippen LogP contribution in [0.3, 0.4) is 0 Å². The van der Waals surface area contributed by atoms with Crippen molar-refractivity contribution in [2.75, 3.05) is 6.61 Å². The van der Waals surface area contributed by atoms with Gasteiger partial charge < -0.3 is 15.0 Å². The lowest BCUT2D eigenvalue weighted by Crippen LogP contribution is -2.53. The number of nitrogens with zero attached hydrogens (tertiary/aromatic N) is 1. The van der Waals surface area contributed by atoms with Gasteiger partial charge in [0, 0.05) is 24.0 Å². The maximum atomic E-state index is 13.9. The Labute approximate surface area is 243 Å². The highest BCUT2D eigenvalue weighted by atomic mass is 35.5. The molecule has 4 rings (SSSR count). The summed E-state index contributed by atoms with van der Waals surface area (Å²) in [5, 5.41) is 3.86. The standard InChI is InChI=1S/C34H41ClN2O3/c1-34(2,3)27-17-19-30(20-18-27)40-24-32(38)37(23-26-13-10-14-28(35)21-26)31(22-25-11-6-4-7-12-25)33(39)36-29-15-8-5-9-16-29/h4,6-7,10-14,17-21,29,31H,5,8-9,15-16,22-24H2,1-3H3,(H,36,39). The van der Waals surface area contributed by atoms with E-state index in [4.69, 9.17) is 16.3 Å². The van der Waals surface area contributed by atoms with Crippen LogP contribution in [0.1, 0.15) is 69.6 Å². The molecule has 6 heteroatoms. The van der Waals surface area contributed by atoms with Crippen LogP contribution in [0.2, 0.25) is 5.02 Å². The molecule has 0 bridgehead atoms. The van der Waals surface area contributed by atoms with E-state index >= 15 is 0 Å². The minimum absolute atomic E-state index is 0.0263. The monoisotopic (exact) mass is 560 g/mol. The average Bonchev–Trinajstić information content (AvgIpc) is 2.94. The SMILES string of the molecule is CC(C)(C)c1ccc(OCC(=O)N(Cc2cccc(Cl)c2)C(Cc2ccccc2)C(=O)NC2CCCCC2)cc1. The molecule has 40 heavy (non-hydrogen) atoms. The third-order valence-electron chi connectivity index (χ3n) is 7.55. The molecule has 1 N–H and O–H groups in total. The summed E-state index contributed by atoms with van der Waals surface area (Å²) in [5.74, 6) is 0.246. The summed E-state index contributed by atoms with van der Waals surface area (Å²) in [6.45, 7) is 6.56. The number of rotatable bonds is 10. The van der Waals surface area contributed by atoms with Crippen LogP contribution in [0.15, 0.2) is 78.9 Å². The molecule has 3 aromatic rings. The highest BCUT2D eigenvalue weighted by Gasteiger charge is 2.32. The Morgan fingerprint density at radius 1 is 0.925 bits per heavy atom. The number of carbonyl (C=O) groups excluding carboxylic acids is 2. The summed E-state index contributed by atoms with van der Waals surface area (Å²) < 4.78 is 5.96. The van der Waals surface area contributed by atoms with E-state index in [-0.39, 0.29) is 36.4 Å². The number of carbonyl (C=O) groups is 2. The third kappa shape index (κ3) is 8.59. The normalized spacial score (nSPS) is 14.8. The summed E-state index contributed by atoms with van der Waals surface area (Å²) in [6, 6.07) is 24.6. The van der Waals surface area contributed by atoms with Gasteiger partial charge in [0.1, 0.15) is 11.8 Å². The van der Waals surface area contributed by atoms with E-state index in [0.717, 1.165) is 36.8 Å². The van der Waals surface area contributed by atoms with Gasteiger partial charge in [0.2, 0.25) is 5.91 Å². The van der Waals surface area contributed by atoms with Gasteiger partial charge in [-0.1, -0.05) is 106 Å². The van der Waals surface area contributed by atoms with E-state index in [1.165, 1.54) is 12.0 Å². The molecule has 1 fully saturated rings. The molecule has 0 saturated heterocycles. The minimum atomic E-state index is -0.692. The molecule has 0 aliphatic heterocycles. The highest BCUT2D eigenvalue weighted by molar-refractivity contribution is 6.30. The molecule has 0 spiro atoms. The van der Waals surface area contributed by atoms with E-state index in [0.29, 0.717) is 17.2 Å². The van der Waals surface area contributed by atoms with Gasteiger partial charge in [0.05, 0.1) is 0 Å². The zero-order valence-corrected chi connectivity index (χ0v) is 24.6. The van der Waals surface area contributed by atoms with Crippen LogP contribution in [-0.4, -0.2) is 35.4 Å². The van der Waals surface area contributed by atoms with Gasteiger partial charge in [0.25, 0.3) is 5.91 Å². The molecule has 1 aliphatic rings. The van der Waals surface area contributed by atoms with Gasteiger partial charge in [0.15, 0.2) is 6.61 Å². The van der Waals surface area contributed by atoms with E-state index in [2.05, 4.69) is 26.1 Å². The summed E-state index contributed by atoms with van der Waals surface area (Å²) in [5.41, 5.74) is 3.07. The van der Waals surface area contributed by atoms with E-state index < -0.39 is 6.04 Å². The van der Waals surface area contributed by atoms with E-state index in [1.54, 1.807) is 11.0 Å². The van der Waals surface area contributed by atoms with Crippen molar-refractivity contribution in [1.29, 1.82) is 0 Å². The number of nitrogens with one attached hydrogen (secondary N) is 1. The summed E-state index contributed by atoms with van der Waals surface area (Å²) in [6.07, 6.45) is 5.78. The first-order chi connectivity index (χ1) is 19.2. The van der Waals surface area contributed by atoms with Gasteiger partial charge in [-0.15, -0.1) is 0 Å². The van der Waals surface area contributed by atoms with Crippen LogP contribution in [0, 0.1) is 0 Å². The van der Waals surface area contributed by atoms with Crippen molar-refractivity contribution >= 4 is 23.4 Å². The van der Waals surface area contributed by atoms with Gasteiger partial charge >= 0.3 is 0 Å².